The highest BCUT2D eigenvalue weighted by atomic mass is 16.5. The van der Waals surface area contributed by atoms with Crippen molar-refractivity contribution in [3.05, 3.63) is 65.2 Å². The Morgan fingerprint density at radius 1 is 1.26 bits per heavy atom. The first-order chi connectivity index (χ1) is 11.2. The Bertz CT molecular complexity index is 836. The van der Waals surface area contributed by atoms with Gasteiger partial charge in [0, 0.05) is 6.42 Å². The van der Waals surface area contributed by atoms with Gasteiger partial charge in [-0.1, -0.05) is 6.08 Å². The van der Waals surface area contributed by atoms with E-state index in [4.69, 9.17) is 10.00 Å². The first kappa shape index (κ1) is 14.8. The van der Waals surface area contributed by atoms with Crippen molar-refractivity contribution in [2.45, 2.75) is 12.8 Å². The molecule has 0 saturated heterocycles. The number of nitrogens with zero attached hydrogens (tertiary/aromatic N) is 3. The maximum atomic E-state index is 11.1. The molecule has 1 aliphatic rings. The molecule has 3 rings (SSSR count). The highest BCUT2D eigenvalue weighted by Gasteiger charge is 2.16. The van der Waals surface area contributed by atoms with Gasteiger partial charge in [0.05, 0.1) is 35.9 Å². The Hall–Kier alpha value is -3.13. The molecule has 23 heavy (non-hydrogen) atoms. The molecule has 0 atom stereocenters. The van der Waals surface area contributed by atoms with Crippen LogP contribution in [0.5, 0.6) is 0 Å². The van der Waals surface area contributed by atoms with Gasteiger partial charge in [-0.3, -0.25) is 4.79 Å². The average Bonchev–Trinajstić information content (AvgIpc) is 3.06. The van der Waals surface area contributed by atoms with Crippen molar-refractivity contribution in [3.8, 4) is 11.8 Å². The molecule has 0 amide bonds. The van der Waals surface area contributed by atoms with E-state index in [1.54, 1.807) is 30.0 Å². The van der Waals surface area contributed by atoms with Crippen LogP contribution in [-0.2, 0) is 4.74 Å². The fraction of sp³-hybridized carbons (Fsp3) is 0.167. The van der Waals surface area contributed by atoms with Gasteiger partial charge in [0.2, 0.25) is 0 Å². The van der Waals surface area contributed by atoms with Crippen molar-refractivity contribution >= 4 is 11.9 Å². The number of aldehydes is 1. The summed E-state index contributed by atoms with van der Waals surface area (Å²) in [5.74, 6) is 0.939. The van der Waals surface area contributed by atoms with Crippen LogP contribution in [0, 0.1) is 11.3 Å². The van der Waals surface area contributed by atoms with Gasteiger partial charge in [0.25, 0.3) is 0 Å². The molecule has 114 valence electrons. The molecule has 2 aromatic rings. The summed E-state index contributed by atoms with van der Waals surface area (Å²) in [6.07, 6.45) is 6.31. The highest BCUT2D eigenvalue weighted by molar-refractivity contribution is 5.76. The Kier molecular flexibility index (Phi) is 4.07. The molecule has 0 radical (unpaired) electrons. The zero-order chi connectivity index (χ0) is 16.2. The zero-order valence-corrected chi connectivity index (χ0v) is 12.7. The minimum absolute atomic E-state index is 0.381. The topological polar surface area (TPSA) is 67.9 Å². The van der Waals surface area contributed by atoms with Crippen molar-refractivity contribution in [1.82, 2.24) is 9.78 Å². The van der Waals surface area contributed by atoms with Gasteiger partial charge in [-0.2, -0.15) is 10.4 Å². The summed E-state index contributed by atoms with van der Waals surface area (Å²) >= 11 is 0. The molecule has 1 aromatic heterocycles. The van der Waals surface area contributed by atoms with Gasteiger partial charge in [-0.05, 0) is 48.4 Å². The summed E-state index contributed by atoms with van der Waals surface area (Å²) in [4.78, 5) is 11.1. The third-order valence-corrected chi connectivity index (χ3v) is 3.79. The Labute approximate surface area is 134 Å². The maximum Gasteiger partial charge on any atom is 0.170 e. The summed E-state index contributed by atoms with van der Waals surface area (Å²) in [6.45, 7) is 0. The number of aromatic nitrogens is 2. The quantitative estimate of drug-likeness (QED) is 0.813. The molecule has 0 bridgehead atoms. The molecule has 1 aromatic carbocycles. The van der Waals surface area contributed by atoms with Crippen LogP contribution in [0.25, 0.3) is 11.3 Å². The number of carbonyl (C=O) groups excluding carboxylic acids is 1. The van der Waals surface area contributed by atoms with Gasteiger partial charge >= 0.3 is 0 Å². The van der Waals surface area contributed by atoms with Crippen molar-refractivity contribution in [2.75, 3.05) is 7.11 Å². The Morgan fingerprint density at radius 3 is 2.61 bits per heavy atom. The third kappa shape index (κ3) is 2.92. The molecule has 0 fully saturated rings. The van der Waals surface area contributed by atoms with Crippen molar-refractivity contribution in [3.63, 3.8) is 0 Å². The largest absolute Gasteiger partial charge is 0.501 e. The smallest absolute Gasteiger partial charge is 0.170 e. The lowest BCUT2D eigenvalue weighted by Gasteiger charge is -2.15. The molecule has 0 saturated carbocycles. The molecule has 1 heterocycles. The van der Waals surface area contributed by atoms with Gasteiger partial charge in [0.1, 0.15) is 5.69 Å². The first-order valence-electron chi connectivity index (χ1n) is 7.25. The van der Waals surface area contributed by atoms with E-state index in [0.717, 1.165) is 41.8 Å². The summed E-state index contributed by atoms with van der Waals surface area (Å²) in [6, 6.07) is 11.0. The fourth-order valence-corrected chi connectivity index (χ4v) is 2.56. The van der Waals surface area contributed by atoms with Crippen LogP contribution >= 0.6 is 0 Å². The van der Waals surface area contributed by atoms with Gasteiger partial charge < -0.3 is 4.74 Å². The van der Waals surface area contributed by atoms with E-state index >= 15 is 0 Å². The van der Waals surface area contributed by atoms with E-state index in [0.29, 0.717) is 11.3 Å². The number of nitriles is 1. The lowest BCUT2D eigenvalue weighted by atomic mass is 10.0. The van der Waals surface area contributed by atoms with Crippen molar-refractivity contribution in [1.29, 1.82) is 5.26 Å². The highest BCUT2D eigenvalue weighted by Crippen LogP contribution is 2.29. The van der Waals surface area contributed by atoms with E-state index in [-0.39, 0.29) is 0 Å². The summed E-state index contributed by atoms with van der Waals surface area (Å²) in [7, 11) is 1.66. The molecular formula is C18H15N3O2. The molecule has 5 nitrogen and oxygen atoms in total. The van der Waals surface area contributed by atoms with E-state index in [1.165, 1.54) is 0 Å². The molecule has 0 N–H and O–H groups in total. The van der Waals surface area contributed by atoms with Crippen LogP contribution in [0.15, 0.2) is 48.2 Å². The first-order valence-corrected chi connectivity index (χ1v) is 7.25. The lowest BCUT2D eigenvalue weighted by Crippen LogP contribution is -2.04. The minimum Gasteiger partial charge on any atom is -0.501 e. The maximum absolute atomic E-state index is 11.1. The van der Waals surface area contributed by atoms with Crippen molar-refractivity contribution in [2.24, 2.45) is 0 Å². The monoisotopic (exact) mass is 305 g/mol. The second-order valence-electron chi connectivity index (χ2n) is 5.17. The van der Waals surface area contributed by atoms with Crippen LogP contribution < -0.4 is 0 Å². The van der Waals surface area contributed by atoms with Crippen LogP contribution in [0.1, 0.15) is 34.6 Å². The molecule has 0 aliphatic heterocycles. The Balaban J connectivity index is 2.05. The predicted molar refractivity (Wildman–Crippen MR) is 86.0 cm³/mol. The number of ether oxygens (including phenoxy) is 1. The predicted octanol–water partition coefficient (Wildman–Crippen LogP) is 3.26. The normalized spacial score (nSPS) is 13.7. The Morgan fingerprint density at radius 2 is 2.04 bits per heavy atom. The number of benzene rings is 1. The molecule has 1 aliphatic carbocycles. The van der Waals surface area contributed by atoms with E-state index in [9.17, 15) is 4.79 Å². The molecule has 0 spiro atoms. The number of carbonyl (C=O) groups is 1. The van der Waals surface area contributed by atoms with E-state index < -0.39 is 0 Å². The number of hydrogen-bond donors (Lipinski definition) is 0. The van der Waals surface area contributed by atoms with E-state index in [2.05, 4.69) is 11.2 Å². The second-order valence-corrected chi connectivity index (χ2v) is 5.17. The zero-order valence-electron chi connectivity index (χ0n) is 12.7. The lowest BCUT2D eigenvalue weighted by molar-refractivity contribution is 0.111. The fourth-order valence-electron chi connectivity index (χ4n) is 2.56. The SMILES string of the molecule is COC1=CC=C(c2cc(C=O)nn2-c2ccc(C#N)cc2)CC1. The van der Waals surface area contributed by atoms with E-state index in [1.807, 2.05) is 24.3 Å². The number of rotatable bonds is 4. The summed E-state index contributed by atoms with van der Waals surface area (Å²) in [5, 5.41) is 13.2. The van der Waals surface area contributed by atoms with Gasteiger partial charge in [-0.25, -0.2) is 4.68 Å². The number of hydrogen-bond acceptors (Lipinski definition) is 4. The van der Waals surface area contributed by atoms with Gasteiger partial charge in [0.15, 0.2) is 6.29 Å². The third-order valence-electron chi connectivity index (χ3n) is 3.79. The van der Waals surface area contributed by atoms with Crippen LogP contribution in [0.3, 0.4) is 0 Å². The number of methoxy groups -OCH3 is 1. The molecule has 5 heteroatoms. The second kappa shape index (κ2) is 6.32. The summed E-state index contributed by atoms with van der Waals surface area (Å²) < 4.78 is 6.99. The van der Waals surface area contributed by atoms with Gasteiger partial charge in [-0.15, -0.1) is 0 Å². The van der Waals surface area contributed by atoms with Crippen LogP contribution in [0.4, 0.5) is 0 Å². The molecular weight excluding hydrogens is 290 g/mol. The minimum atomic E-state index is 0.381. The summed E-state index contributed by atoms with van der Waals surface area (Å²) in [5.41, 5.74) is 3.75. The standard InChI is InChI=1S/C18H15N3O2/c1-23-17-8-4-14(5-9-17)18-10-15(12-22)20-21(18)16-6-2-13(11-19)3-7-16/h2-4,6-8,10,12H,5,9H2,1H3. The van der Waals surface area contributed by atoms with Crippen LogP contribution in [-0.4, -0.2) is 23.2 Å². The molecule has 0 unspecified atom stereocenters. The average molecular weight is 305 g/mol. The van der Waals surface area contributed by atoms with Crippen molar-refractivity contribution < 1.29 is 9.53 Å². The number of allylic oxidation sites excluding steroid dienone is 4. The van der Waals surface area contributed by atoms with Crippen LogP contribution in [0.2, 0.25) is 0 Å².